The van der Waals surface area contributed by atoms with Crippen LogP contribution in [-0.2, 0) is 9.53 Å². The van der Waals surface area contributed by atoms with Gasteiger partial charge in [-0.2, -0.15) is 0 Å². The quantitative estimate of drug-likeness (QED) is 0.907. The first-order chi connectivity index (χ1) is 10.1. The Morgan fingerprint density at radius 1 is 1.29 bits per heavy atom. The number of amides is 1. The molecule has 3 rings (SSSR count). The van der Waals surface area contributed by atoms with Crippen molar-refractivity contribution in [2.24, 2.45) is 0 Å². The number of carbonyl (C=O) groups excluding carboxylic acids is 1. The van der Waals surface area contributed by atoms with Crippen LogP contribution in [0.25, 0.3) is 0 Å². The van der Waals surface area contributed by atoms with Gasteiger partial charge in [-0.25, -0.2) is 8.78 Å². The van der Waals surface area contributed by atoms with E-state index in [9.17, 15) is 13.6 Å². The number of rotatable bonds is 2. The number of ether oxygens (including phenoxy) is 1. The van der Waals surface area contributed by atoms with Crippen LogP contribution in [0.3, 0.4) is 0 Å². The highest BCUT2D eigenvalue weighted by atomic mass is 19.1. The topological polar surface area (TPSA) is 41.6 Å². The Morgan fingerprint density at radius 2 is 2.00 bits per heavy atom. The fourth-order valence-corrected chi connectivity index (χ4v) is 3.06. The molecule has 2 heterocycles. The smallest absolute Gasteiger partial charge is 0.241 e. The van der Waals surface area contributed by atoms with Gasteiger partial charge in [0.05, 0.1) is 6.04 Å². The maximum Gasteiger partial charge on any atom is 0.241 e. The van der Waals surface area contributed by atoms with Gasteiger partial charge in [0, 0.05) is 30.9 Å². The van der Waals surface area contributed by atoms with Gasteiger partial charge in [-0.1, -0.05) is 0 Å². The van der Waals surface area contributed by atoms with Gasteiger partial charge < -0.3 is 9.64 Å². The summed E-state index contributed by atoms with van der Waals surface area (Å²) in [5, 5.41) is 3.10. The summed E-state index contributed by atoms with van der Waals surface area (Å²) in [5.74, 6) is -1.30. The molecule has 1 amide bonds. The van der Waals surface area contributed by atoms with Crippen LogP contribution < -0.4 is 5.32 Å². The van der Waals surface area contributed by atoms with E-state index >= 15 is 0 Å². The maximum atomic E-state index is 14.1. The molecule has 0 bridgehead atoms. The summed E-state index contributed by atoms with van der Waals surface area (Å²) < 4.78 is 32.5. The molecule has 6 heteroatoms. The van der Waals surface area contributed by atoms with Crippen LogP contribution in [0.5, 0.6) is 0 Å². The molecule has 2 fully saturated rings. The molecule has 0 aliphatic carbocycles. The van der Waals surface area contributed by atoms with Crippen molar-refractivity contribution in [3.05, 3.63) is 35.4 Å². The van der Waals surface area contributed by atoms with Crippen LogP contribution in [0.15, 0.2) is 18.2 Å². The van der Waals surface area contributed by atoms with Crippen LogP contribution in [0.1, 0.15) is 31.5 Å². The second-order valence-electron chi connectivity index (χ2n) is 5.55. The molecule has 0 spiro atoms. The van der Waals surface area contributed by atoms with Gasteiger partial charge in [-0.05, 0) is 31.9 Å². The van der Waals surface area contributed by atoms with E-state index in [1.54, 1.807) is 11.8 Å². The SMILES string of the molecule is CC1NC(c2ccc(F)cc2F)N(C2CCOCC2)C1=O. The Bertz CT molecular complexity index is 546. The predicted molar refractivity (Wildman–Crippen MR) is 72.4 cm³/mol. The van der Waals surface area contributed by atoms with Crippen molar-refractivity contribution in [3.8, 4) is 0 Å². The predicted octanol–water partition coefficient (Wildman–Crippen LogP) is 1.96. The van der Waals surface area contributed by atoms with E-state index in [0.717, 1.165) is 18.9 Å². The lowest BCUT2D eigenvalue weighted by Gasteiger charge is -2.35. The molecule has 0 saturated carbocycles. The Kier molecular flexibility index (Phi) is 3.91. The molecule has 4 nitrogen and oxygen atoms in total. The second kappa shape index (κ2) is 5.69. The third-order valence-corrected chi connectivity index (χ3v) is 4.15. The Balaban J connectivity index is 1.92. The minimum atomic E-state index is -0.633. The first-order valence-electron chi connectivity index (χ1n) is 7.19. The van der Waals surface area contributed by atoms with Crippen LogP contribution in [0.2, 0.25) is 0 Å². The highest BCUT2D eigenvalue weighted by Crippen LogP contribution is 2.32. The van der Waals surface area contributed by atoms with Crippen LogP contribution in [0.4, 0.5) is 8.78 Å². The van der Waals surface area contributed by atoms with Gasteiger partial charge in [0.15, 0.2) is 0 Å². The van der Waals surface area contributed by atoms with Gasteiger partial charge in [0.1, 0.15) is 17.8 Å². The first kappa shape index (κ1) is 14.4. The number of benzene rings is 1. The zero-order valence-electron chi connectivity index (χ0n) is 11.8. The average Bonchev–Trinajstić information content (AvgIpc) is 2.75. The molecule has 0 radical (unpaired) electrons. The van der Waals surface area contributed by atoms with Crippen molar-refractivity contribution in [1.29, 1.82) is 0 Å². The maximum absolute atomic E-state index is 14.1. The van der Waals surface area contributed by atoms with Crippen LogP contribution in [0, 0.1) is 11.6 Å². The fourth-order valence-electron chi connectivity index (χ4n) is 3.06. The van der Waals surface area contributed by atoms with Crippen molar-refractivity contribution >= 4 is 5.91 Å². The molecule has 2 aliphatic rings. The van der Waals surface area contributed by atoms with Crippen molar-refractivity contribution in [2.45, 2.75) is 38.0 Å². The van der Waals surface area contributed by atoms with E-state index in [4.69, 9.17) is 4.74 Å². The molecule has 2 saturated heterocycles. The van der Waals surface area contributed by atoms with Gasteiger partial charge in [-0.15, -0.1) is 0 Å². The van der Waals surface area contributed by atoms with E-state index in [0.29, 0.717) is 18.8 Å². The number of nitrogens with one attached hydrogen (secondary N) is 1. The largest absolute Gasteiger partial charge is 0.381 e. The monoisotopic (exact) mass is 296 g/mol. The van der Waals surface area contributed by atoms with Gasteiger partial charge in [-0.3, -0.25) is 10.1 Å². The third kappa shape index (κ3) is 2.65. The molecule has 21 heavy (non-hydrogen) atoms. The van der Waals surface area contributed by atoms with Crippen LogP contribution in [-0.4, -0.2) is 36.1 Å². The number of halogens is 2. The van der Waals surface area contributed by atoms with Gasteiger partial charge >= 0.3 is 0 Å². The normalized spacial score (nSPS) is 27.4. The van der Waals surface area contributed by atoms with Gasteiger partial charge in [0.25, 0.3) is 0 Å². The molecule has 1 N–H and O–H groups in total. The number of hydrogen-bond donors (Lipinski definition) is 1. The van der Waals surface area contributed by atoms with E-state index in [1.165, 1.54) is 12.1 Å². The summed E-state index contributed by atoms with van der Waals surface area (Å²) in [6, 6.07) is 3.13. The molecule has 0 aromatic heterocycles. The molecular weight excluding hydrogens is 278 g/mol. The molecule has 2 aliphatic heterocycles. The first-order valence-corrected chi connectivity index (χ1v) is 7.19. The molecule has 1 aromatic rings. The zero-order valence-corrected chi connectivity index (χ0v) is 11.8. The lowest BCUT2D eigenvalue weighted by atomic mass is 10.0. The summed E-state index contributed by atoms with van der Waals surface area (Å²) in [7, 11) is 0. The fraction of sp³-hybridized carbons (Fsp3) is 0.533. The third-order valence-electron chi connectivity index (χ3n) is 4.15. The summed E-state index contributed by atoms with van der Waals surface area (Å²) >= 11 is 0. The summed E-state index contributed by atoms with van der Waals surface area (Å²) in [5.41, 5.74) is 0.306. The molecule has 2 unspecified atom stereocenters. The standard InChI is InChI=1S/C15H18F2N2O2/c1-9-15(20)19(11-4-6-21-7-5-11)14(18-9)12-3-2-10(16)8-13(12)17/h2-3,8-9,11,14,18H,4-7H2,1H3. The average molecular weight is 296 g/mol. The minimum Gasteiger partial charge on any atom is -0.381 e. The highest BCUT2D eigenvalue weighted by molar-refractivity contribution is 5.84. The number of hydrogen-bond acceptors (Lipinski definition) is 3. The Hall–Kier alpha value is -1.53. The zero-order chi connectivity index (χ0) is 15.0. The molecule has 1 aromatic carbocycles. The second-order valence-corrected chi connectivity index (χ2v) is 5.55. The lowest BCUT2D eigenvalue weighted by molar-refractivity contribution is -0.134. The van der Waals surface area contributed by atoms with Gasteiger partial charge in [0.2, 0.25) is 5.91 Å². The van der Waals surface area contributed by atoms with Crippen LogP contribution >= 0.6 is 0 Å². The highest BCUT2D eigenvalue weighted by Gasteiger charge is 2.42. The molecule has 114 valence electrons. The molecule has 2 atom stereocenters. The summed E-state index contributed by atoms with van der Waals surface area (Å²) in [6.07, 6.45) is 0.926. The molecular formula is C15H18F2N2O2. The van der Waals surface area contributed by atoms with Crippen molar-refractivity contribution < 1.29 is 18.3 Å². The van der Waals surface area contributed by atoms with E-state index in [1.807, 2.05) is 0 Å². The van der Waals surface area contributed by atoms with E-state index < -0.39 is 17.8 Å². The van der Waals surface area contributed by atoms with Crippen molar-refractivity contribution in [3.63, 3.8) is 0 Å². The van der Waals surface area contributed by atoms with E-state index in [2.05, 4.69) is 5.32 Å². The van der Waals surface area contributed by atoms with Crippen molar-refractivity contribution in [2.75, 3.05) is 13.2 Å². The van der Waals surface area contributed by atoms with Crippen molar-refractivity contribution in [1.82, 2.24) is 10.2 Å². The number of carbonyl (C=O) groups is 1. The minimum absolute atomic E-state index is 0.0261. The van der Waals surface area contributed by atoms with E-state index in [-0.39, 0.29) is 18.0 Å². The summed E-state index contributed by atoms with van der Waals surface area (Å²) in [6.45, 7) is 2.96. The Labute approximate surface area is 122 Å². The number of nitrogens with zero attached hydrogens (tertiary/aromatic N) is 1. The summed E-state index contributed by atoms with van der Waals surface area (Å²) in [4.78, 5) is 14.1. The Morgan fingerprint density at radius 3 is 2.67 bits per heavy atom. The lowest BCUT2D eigenvalue weighted by Crippen LogP contribution is -2.43.